The molecule has 0 bridgehead atoms. The molecule has 32 heavy (non-hydrogen) atoms. The average Bonchev–Trinajstić information content (AvgIpc) is 3.00. The van der Waals surface area contributed by atoms with Crippen molar-refractivity contribution in [3.05, 3.63) is 62.1 Å². The molecular formula is C21H25N5O5S. The number of aryl methyl sites for hydroxylation is 1. The molecule has 0 radical (unpaired) electrons. The summed E-state index contributed by atoms with van der Waals surface area (Å²) in [5.74, 6) is 0.155. The maximum absolute atomic E-state index is 12.6. The fourth-order valence-corrected chi connectivity index (χ4v) is 4.06. The summed E-state index contributed by atoms with van der Waals surface area (Å²) in [6.45, 7) is 7.28. The summed E-state index contributed by atoms with van der Waals surface area (Å²) in [6.07, 6.45) is 0. The van der Waals surface area contributed by atoms with Crippen molar-refractivity contribution in [2.45, 2.75) is 40.3 Å². The molecule has 0 unspecified atom stereocenters. The number of allylic oxidation sites excluding steroid dienone is 1. The second-order valence-electron chi connectivity index (χ2n) is 7.30. The van der Waals surface area contributed by atoms with Gasteiger partial charge in [0.1, 0.15) is 17.1 Å². The van der Waals surface area contributed by atoms with Crippen LogP contribution in [-0.4, -0.2) is 39.5 Å². The lowest BCUT2D eigenvalue weighted by atomic mass is 9.94. The Morgan fingerprint density at radius 1 is 1.34 bits per heavy atom. The van der Waals surface area contributed by atoms with Crippen molar-refractivity contribution in [2.24, 2.45) is 0 Å². The lowest BCUT2D eigenvalue weighted by molar-refractivity contribution is -0.386. The van der Waals surface area contributed by atoms with Crippen molar-refractivity contribution in [1.29, 1.82) is 0 Å². The maximum Gasteiger partial charge on any atom is 0.338 e. The van der Waals surface area contributed by atoms with Crippen molar-refractivity contribution in [2.75, 3.05) is 13.7 Å². The van der Waals surface area contributed by atoms with Gasteiger partial charge in [-0.1, -0.05) is 6.07 Å². The molecule has 0 aliphatic carbocycles. The highest BCUT2D eigenvalue weighted by atomic mass is 32.1. The Labute approximate surface area is 190 Å². The van der Waals surface area contributed by atoms with Gasteiger partial charge in [0.25, 0.3) is 0 Å². The van der Waals surface area contributed by atoms with Gasteiger partial charge in [-0.15, -0.1) is 0 Å². The number of hydrogen-bond donors (Lipinski definition) is 2. The van der Waals surface area contributed by atoms with E-state index in [9.17, 15) is 14.9 Å². The second-order valence-corrected chi connectivity index (χ2v) is 7.70. The van der Waals surface area contributed by atoms with Crippen LogP contribution in [0, 0.1) is 24.0 Å². The normalized spacial score (nSPS) is 15.8. The van der Waals surface area contributed by atoms with Crippen molar-refractivity contribution < 1.29 is 19.2 Å². The average molecular weight is 460 g/mol. The number of methoxy groups -OCH3 is 1. The summed E-state index contributed by atoms with van der Waals surface area (Å²) in [7, 11) is 1.55. The minimum atomic E-state index is -0.526. The molecular weight excluding hydrogens is 434 g/mol. The number of ether oxygens (including phenoxy) is 2. The minimum Gasteiger partial charge on any atom is -0.496 e. The molecule has 1 aromatic heterocycles. The van der Waals surface area contributed by atoms with Crippen LogP contribution >= 0.6 is 12.2 Å². The standard InChI is InChI=1S/C21H25N5O5S/c1-6-31-20(27)17-11(2)22-21(32)23-18(17)14-7-8-16(30-5)15(9-14)10-25-13(4)19(26(28)29)12(3)24-25/h7-9,18H,6,10H2,1-5H3,(H2,22,23,32)/t18-/m1/s1. The van der Waals surface area contributed by atoms with Gasteiger partial charge in [0.05, 0.1) is 36.8 Å². The third-order valence-electron chi connectivity index (χ3n) is 5.25. The number of hydrogen-bond acceptors (Lipinski definition) is 7. The van der Waals surface area contributed by atoms with Crippen LogP contribution in [0.2, 0.25) is 0 Å². The van der Waals surface area contributed by atoms with Gasteiger partial charge in [-0.2, -0.15) is 5.10 Å². The van der Waals surface area contributed by atoms with E-state index in [1.54, 1.807) is 45.6 Å². The third-order valence-corrected chi connectivity index (χ3v) is 5.47. The Morgan fingerprint density at radius 2 is 2.06 bits per heavy atom. The quantitative estimate of drug-likeness (QED) is 0.279. The lowest BCUT2D eigenvalue weighted by Crippen LogP contribution is -2.45. The Morgan fingerprint density at radius 3 is 2.66 bits per heavy atom. The zero-order valence-corrected chi connectivity index (χ0v) is 19.3. The predicted octanol–water partition coefficient (Wildman–Crippen LogP) is 2.82. The molecule has 0 fully saturated rings. The molecule has 170 valence electrons. The SMILES string of the molecule is CCOC(=O)C1=C(C)NC(=S)N[C@@H]1c1ccc(OC)c(Cn2nc(C)c([N+](=O)[O-])c2C)c1. The zero-order chi connectivity index (χ0) is 23.6. The van der Waals surface area contributed by atoms with Gasteiger partial charge in [-0.25, -0.2) is 4.79 Å². The third kappa shape index (κ3) is 4.42. The summed E-state index contributed by atoms with van der Waals surface area (Å²) >= 11 is 5.30. The molecule has 2 heterocycles. The first-order valence-corrected chi connectivity index (χ1v) is 10.4. The van der Waals surface area contributed by atoms with E-state index < -0.39 is 16.9 Å². The molecule has 0 saturated carbocycles. The van der Waals surface area contributed by atoms with E-state index in [2.05, 4.69) is 15.7 Å². The molecule has 1 aliphatic rings. The second kappa shape index (κ2) is 9.35. The van der Waals surface area contributed by atoms with Gasteiger partial charge < -0.3 is 20.1 Å². The van der Waals surface area contributed by atoms with E-state index >= 15 is 0 Å². The monoisotopic (exact) mass is 459 g/mol. The number of nitrogens with one attached hydrogen (secondary N) is 2. The molecule has 2 aromatic rings. The number of carbonyl (C=O) groups is 1. The first-order valence-electron chi connectivity index (χ1n) is 9.98. The Bertz CT molecular complexity index is 1120. The van der Waals surface area contributed by atoms with Gasteiger partial charge in [0.15, 0.2) is 5.11 Å². The highest BCUT2D eigenvalue weighted by Gasteiger charge is 2.31. The number of benzene rings is 1. The smallest absolute Gasteiger partial charge is 0.338 e. The van der Waals surface area contributed by atoms with Crippen molar-refractivity contribution in [1.82, 2.24) is 20.4 Å². The van der Waals surface area contributed by atoms with Gasteiger partial charge >= 0.3 is 11.7 Å². The number of thiocarbonyl (C=S) groups is 1. The number of rotatable bonds is 7. The van der Waals surface area contributed by atoms with Crippen LogP contribution in [0.5, 0.6) is 5.75 Å². The largest absolute Gasteiger partial charge is 0.496 e. The molecule has 0 amide bonds. The summed E-state index contributed by atoms with van der Waals surface area (Å²) in [4.78, 5) is 23.6. The molecule has 0 saturated heterocycles. The van der Waals surface area contributed by atoms with Gasteiger partial charge in [-0.3, -0.25) is 14.8 Å². The summed E-state index contributed by atoms with van der Waals surface area (Å²) in [6, 6.07) is 4.97. The highest BCUT2D eigenvalue weighted by Crippen LogP contribution is 2.32. The summed E-state index contributed by atoms with van der Waals surface area (Å²) in [5.41, 5.74) is 3.34. The predicted molar refractivity (Wildman–Crippen MR) is 121 cm³/mol. The molecule has 1 aromatic carbocycles. The van der Waals surface area contributed by atoms with Crippen molar-refractivity contribution in [3.8, 4) is 5.75 Å². The lowest BCUT2D eigenvalue weighted by Gasteiger charge is -2.30. The minimum absolute atomic E-state index is 0.00588. The summed E-state index contributed by atoms with van der Waals surface area (Å²) in [5, 5.41) is 22.2. The number of carbonyl (C=O) groups excluding carboxylic acids is 1. The van der Waals surface area contributed by atoms with Gasteiger partial charge in [0, 0.05) is 11.3 Å². The highest BCUT2D eigenvalue weighted by molar-refractivity contribution is 7.80. The van der Waals surface area contributed by atoms with Crippen LogP contribution in [0.4, 0.5) is 5.69 Å². The first-order chi connectivity index (χ1) is 15.2. The molecule has 11 heteroatoms. The van der Waals surface area contributed by atoms with Crippen LogP contribution in [0.3, 0.4) is 0 Å². The molecule has 2 N–H and O–H groups in total. The van der Waals surface area contributed by atoms with E-state index in [0.29, 0.717) is 33.5 Å². The van der Waals surface area contributed by atoms with Crippen LogP contribution in [-0.2, 0) is 16.1 Å². The zero-order valence-electron chi connectivity index (χ0n) is 18.5. The fraction of sp³-hybridized carbons (Fsp3) is 0.381. The molecule has 1 atom stereocenters. The van der Waals surface area contributed by atoms with Crippen LogP contribution < -0.4 is 15.4 Å². The number of nitrogens with zero attached hydrogens (tertiary/aromatic N) is 3. The Kier molecular flexibility index (Phi) is 6.78. The fourth-order valence-electron chi connectivity index (χ4n) is 3.79. The van der Waals surface area contributed by atoms with E-state index in [0.717, 1.165) is 11.1 Å². The number of aromatic nitrogens is 2. The Balaban J connectivity index is 2.05. The summed E-state index contributed by atoms with van der Waals surface area (Å²) < 4.78 is 12.3. The molecule has 1 aliphatic heterocycles. The number of esters is 1. The van der Waals surface area contributed by atoms with E-state index in [4.69, 9.17) is 21.7 Å². The Hall–Kier alpha value is -3.47. The first kappa shape index (κ1) is 23.2. The van der Waals surface area contributed by atoms with Crippen molar-refractivity contribution in [3.63, 3.8) is 0 Å². The van der Waals surface area contributed by atoms with Crippen LogP contribution in [0.1, 0.15) is 42.4 Å². The van der Waals surface area contributed by atoms with Gasteiger partial charge in [0.2, 0.25) is 0 Å². The molecule has 3 rings (SSSR count). The maximum atomic E-state index is 12.6. The van der Waals surface area contributed by atoms with Crippen molar-refractivity contribution >= 4 is 29.0 Å². The van der Waals surface area contributed by atoms with Crippen LogP contribution in [0.25, 0.3) is 0 Å². The van der Waals surface area contributed by atoms with E-state index in [1.165, 1.54) is 0 Å². The van der Waals surface area contributed by atoms with Gasteiger partial charge in [-0.05, 0) is 57.6 Å². The molecule has 10 nitrogen and oxygen atoms in total. The number of nitro groups is 1. The topological polar surface area (TPSA) is 121 Å². The van der Waals surface area contributed by atoms with E-state index in [1.807, 2.05) is 12.1 Å². The van der Waals surface area contributed by atoms with Crippen LogP contribution in [0.15, 0.2) is 29.5 Å². The molecule has 0 spiro atoms. The van der Waals surface area contributed by atoms with E-state index in [-0.39, 0.29) is 18.8 Å².